The molecule has 0 spiro atoms. The van der Waals surface area contributed by atoms with E-state index in [1.165, 1.54) is 74.7 Å². The van der Waals surface area contributed by atoms with Crippen LogP contribution in [-0.2, 0) is 10.8 Å². The summed E-state index contributed by atoms with van der Waals surface area (Å²) in [6.45, 7) is 17.4. The molecule has 60 heavy (non-hydrogen) atoms. The Bertz CT molecular complexity index is 2930. The second-order valence-corrected chi connectivity index (χ2v) is 19.3. The molecular formula is C56H44N2S2. The molecule has 0 N–H and O–H groups in total. The van der Waals surface area contributed by atoms with Gasteiger partial charge in [-0.05, 0) is 139 Å². The Balaban J connectivity index is 1.02. The van der Waals surface area contributed by atoms with E-state index in [1.54, 1.807) is 0 Å². The van der Waals surface area contributed by atoms with E-state index in [2.05, 4.69) is 208 Å². The Hall–Kier alpha value is -6.46. The van der Waals surface area contributed by atoms with Crippen molar-refractivity contribution in [1.82, 2.24) is 0 Å². The van der Waals surface area contributed by atoms with Gasteiger partial charge < -0.3 is 9.80 Å². The lowest BCUT2D eigenvalue weighted by molar-refractivity contribution is 0.660. The summed E-state index contributed by atoms with van der Waals surface area (Å²) in [6, 6.07) is 58.9. The highest BCUT2D eigenvalue weighted by atomic mass is 32.1. The maximum atomic E-state index is 4.01. The maximum Gasteiger partial charge on any atom is 0.101 e. The summed E-state index contributed by atoms with van der Waals surface area (Å²) in [6.07, 6.45) is 3.81. The van der Waals surface area contributed by atoms with Crippen LogP contribution in [0.2, 0.25) is 0 Å². The van der Waals surface area contributed by atoms with E-state index in [4.69, 9.17) is 0 Å². The minimum Gasteiger partial charge on any atom is -0.302 e. The molecule has 2 heterocycles. The van der Waals surface area contributed by atoms with Crippen molar-refractivity contribution in [3.05, 3.63) is 204 Å². The van der Waals surface area contributed by atoms with Crippen molar-refractivity contribution < 1.29 is 0 Å². The topological polar surface area (TPSA) is 6.48 Å². The van der Waals surface area contributed by atoms with Crippen molar-refractivity contribution in [1.29, 1.82) is 0 Å². The first kappa shape index (κ1) is 36.6. The summed E-state index contributed by atoms with van der Waals surface area (Å²) in [5.74, 6) is 0. The predicted octanol–water partition coefficient (Wildman–Crippen LogP) is 17.0. The van der Waals surface area contributed by atoms with Gasteiger partial charge >= 0.3 is 0 Å². The number of hydrogen-bond donors (Lipinski definition) is 0. The molecular weight excluding hydrogens is 765 g/mol. The van der Waals surface area contributed by atoms with E-state index in [9.17, 15) is 0 Å². The van der Waals surface area contributed by atoms with Crippen LogP contribution in [0, 0.1) is 0 Å². The Morgan fingerprint density at radius 3 is 1.17 bits per heavy atom. The van der Waals surface area contributed by atoms with Gasteiger partial charge in [0.15, 0.2) is 0 Å². The summed E-state index contributed by atoms with van der Waals surface area (Å²) in [7, 11) is 0. The Morgan fingerprint density at radius 2 is 0.767 bits per heavy atom. The average Bonchev–Trinajstić information content (AvgIpc) is 3.99. The van der Waals surface area contributed by atoms with Gasteiger partial charge in [0.2, 0.25) is 0 Å². The van der Waals surface area contributed by atoms with Gasteiger partial charge in [-0.1, -0.05) is 138 Å². The first-order valence-electron chi connectivity index (χ1n) is 20.6. The molecule has 11 rings (SSSR count). The molecule has 7 aromatic carbocycles. The number of benzene rings is 7. The zero-order chi connectivity index (χ0) is 40.9. The second kappa shape index (κ2) is 13.5. The largest absolute Gasteiger partial charge is 0.302 e. The second-order valence-electron chi connectivity index (χ2n) is 17.2. The third kappa shape index (κ3) is 5.58. The van der Waals surface area contributed by atoms with Gasteiger partial charge in [0.25, 0.3) is 0 Å². The quantitative estimate of drug-likeness (QED) is 0.151. The van der Waals surface area contributed by atoms with Crippen molar-refractivity contribution in [3.8, 4) is 22.3 Å². The number of nitrogens with zero attached hydrogens (tertiary/aromatic N) is 2. The van der Waals surface area contributed by atoms with E-state index in [-0.39, 0.29) is 10.8 Å². The Morgan fingerprint density at radius 1 is 0.400 bits per heavy atom. The van der Waals surface area contributed by atoms with Crippen molar-refractivity contribution in [2.45, 2.75) is 38.5 Å². The van der Waals surface area contributed by atoms with Crippen LogP contribution in [0.25, 0.3) is 54.6 Å². The Kier molecular flexibility index (Phi) is 8.26. The number of anilines is 6. The van der Waals surface area contributed by atoms with Crippen LogP contribution in [-0.4, -0.2) is 0 Å². The third-order valence-electron chi connectivity index (χ3n) is 13.0. The molecule has 0 aliphatic heterocycles. The van der Waals surface area contributed by atoms with Crippen LogP contribution in [0.1, 0.15) is 61.1 Å². The summed E-state index contributed by atoms with van der Waals surface area (Å²) < 4.78 is 2.53. The minimum absolute atomic E-state index is 0.0450. The molecule has 2 aliphatic rings. The molecule has 290 valence electrons. The SMILES string of the molecule is C=Cc1ccc(N(c2ccc3c(c2)-c2ccccc2C3(C)C)c2cc3cc4sc(N(c5ccc(C=C)cc5)c5ccc6c(c5)-c5ccccc5C6(C)C)cc4cc3s2)cc1. The van der Waals surface area contributed by atoms with Gasteiger partial charge in [0.1, 0.15) is 10.0 Å². The van der Waals surface area contributed by atoms with Gasteiger partial charge in [-0.15, -0.1) is 22.7 Å². The molecule has 0 saturated carbocycles. The van der Waals surface area contributed by atoms with E-state index >= 15 is 0 Å². The monoisotopic (exact) mass is 808 g/mol. The van der Waals surface area contributed by atoms with E-state index in [1.807, 2.05) is 34.8 Å². The van der Waals surface area contributed by atoms with Gasteiger partial charge in [-0.3, -0.25) is 0 Å². The van der Waals surface area contributed by atoms with Gasteiger partial charge in [-0.25, -0.2) is 0 Å². The standard InChI is InChI=1S/C56H44N2S2/c1-7-35-17-21-39(22-18-35)57(41-25-27-49-45(33-41)43-13-9-11-15-47(43)55(49,3)4)53-31-37-29-52-38(30-51(37)59-53)32-54(60-52)58(40-23-19-36(8-2)20-24-40)42-26-28-50-46(34-42)44-14-10-12-16-48(44)56(50,5)6/h7-34H,1-2H2,3-6H3. The summed E-state index contributed by atoms with van der Waals surface area (Å²) >= 11 is 3.69. The van der Waals surface area contributed by atoms with Gasteiger partial charge in [-0.2, -0.15) is 0 Å². The van der Waals surface area contributed by atoms with Crippen LogP contribution < -0.4 is 9.80 Å². The molecule has 0 fully saturated rings. The minimum atomic E-state index is -0.0450. The number of rotatable bonds is 8. The predicted molar refractivity (Wildman–Crippen MR) is 262 cm³/mol. The van der Waals surface area contributed by atoms with Crippen molar-refractivity contribution in [2.24, 2.45) is 0 Å². The fraction of sp³-hybridized carbons (Fsp3) is 0.107. The molecule has 2 nitrogen and oxygen atoms in total. The van der Waals surface area contributed by atoms with Gasteiger partial charge in [0, 0.05) is 43.0 Å². The molecule has 0 bridgehead atoms. The molecule has 0 radical (unpaired) electrons. The average molecular weight is 809 g/mol. The maximum absolute atomic E-state index is 4.01. The molecule has 0 saturated heterocycles. The zero-order valence-electron chi connectivity index (χ0n) is 34.3. The van der Waals surface area contributed by atoms with Crippen LogP contribution >= 0.6 is 22.7 Å². The molecule has 9 aromatic rings. The lowest BCUT2D eigenvalue weighted by atomic mass is 9.82. The van der Waals surface area contributed by atoms with Crippen molar-refractivity contribution in [2.75, 3.05) is 9.80 Å². The molecule has 2 aromatic heterocycles. The number of fused-ring (bicyclic) bond motifs is 8. The molecule has 0 amide bonds. The highest BCUT2D eigenvalue weighted by Gasteiger charge is 2.37. The molecule has 2 aliphatic carbocycles. The van der Waals surface area contributed by atoms with Crippen LogP contribution in [0.3, 0.4) is 0 Å². The van der Waals surface area contributed by atoms with Gasteiger partial charge in [0.05, 0.1) is 0 Å². The molecule has 0 atom stereocenters. The first-order valence-corrected chi connectivity index (χ1v) is 22.3. The van der Waals surface area contributed by atoms with Crippen LogP contribution in [0.5, 0.6) is 0 Å². The zero-order valence-corrected chi connectivity index (χ0v) is 35.9. The van der Waals surface area contributed by atoms with Crippen LogP contribution in [0.4, 0.5) is 32.8 Å². The third-order valence-corrected chi connectivity index (χ3v) is 15.2. The Labute approximate surface area is 360 Å². The fourth-order valence-electron chi connectivity index (χ4n) is 9.78. The summed E-state index contributed by atoms with van der Waals surface area (Å²) in [5, 5.41) is 4.86. The van der Waals surface area contributed by atoms with E-state index < -0.39 is 0 Å². The summed E-state index contributed by atoms with van der Waals surface area (Å²) in [5.41, 5.74) is 17.5. The summed E-state index contributed by atoms with van der Waals surface area (Å²) in [4.78, 5) is 4.85. The highest BCUT2D eigenvalue weighted by molar-refractivity contribution is 7.24. The number of hydrogen-bond acceptors (Lipinski definition) is 4. The molecule has 0 unspecified atom stereocenters. The van der Waals surface area contributed by atoms with Crippen molar-refractivity contribution in [3.63, 3.8) is 0 Å². The smallest absolute Gasteiger partial charge is 0.101 e. The lowest BCUT2D eigenvalue weighted by Crippen LogP contribution is -2.15. The van der Waals surface area contributed by atoms with Crippen LogP contribution in [0.15, 0.2) is 171 Å². The highest BCUT2D eigenvalue weighted by Crippen LogP contribution is 2.54. The van der Waals surface area contributed by atoms with E-state index in [0.29, 0.717) is 0 Å². The van der Waals surface area contributed by atoms with Crippen molar-refractivity contribution >= 4 is 87.7 Å². The van der Waals surface area contributed by atoms with E-state index in [0.717, 1.165) is 33.9 Å². The number of thiophene rings is 2. The normalized spacial score (nSPS) is 14.1. The lowest BCUT2D eigenvalue weighted by Gasteiger charge is -2.26. The fourth-order valence-corrected chi connectivity index (χ4v) is 12.1. The first-order chi connectivity index (χ1) is 29.1. The molecule has 4 heteroatoms.